The van der Waals surface area contributed by atoms with Crippen molar-refractivity contribution < 1.29 is 19.1 Å². The van der Waals surface area contributed by atoms with Gasteiger partial charge in [0.05, 0.1) is 31.0 Å². The number of carbonyl (C=O) groups is 2. The Morgan fingerprint density at radius 1 is 1.12 bits per heavy atom. The highest BCUT2D eigenvalue weighted by molar-refractivity contribution is 5.95. The number of hydrogen-bond donors (Lipinski definition) is 2. The topological polar surface area (TPSA) is 120 Å². The summed E-state index contributed by atoms with van der Waals surface area (Å²) in [6.07, 6.45) is 0. The predicted octanol–water partition coefficient (Wildman–Crippen LogP) is 2.22. The fraction of sp³-hybridized carbons (Fsp3) is 0.227. The minimum atomic E-state index is -0.708. The second kappa shape index (κ2) is 9.29. The van der Waals surface area contributed by atoms with Gasteiger partial charge in [-0.05, 0) is 29.8 Å². The van der Waals surface area contributed by atoms with Crippen molar-refractivity contribution in [2.24, 2.45) is 0 Å². The molecule has 0 bridgehead atoms. The van der Waals surface area contributed by atoms with E-state index in [1.807, 2.05) is 30.3 Å². The van der Waals surface area contributed by atoms with Crippen LogP contribution in [0.1, 0.15) is 18.5 Å². The first kappa shape index (κ1) is 21.0. The van der Waals surface area contributed by atoms with Crippen LogP contribution >= 0.6 is 0 Å². The molecule has 0 saturated carbocycles. The van der Waals surface area contributed by atoms with Crippen LogP contribution in [-0.4, -0.2) is 45.9 Å². The molecule has 1 aromatic heterocycles. The third-order valence-corrected chi connectivity index (χ3v) is 4.88. The number of allylic oxidation sites excluding steroid dienone is 1. The second-order valence-electron chi connectivity index (χ2n) is 6.93. The summed E-state index contributed by atoms with van der Waals surface area (Å²) in [7, 11) is 1.57. The van der Waals surface area contributed by atoms with E-state index in [9.17, 15) is 9.59 Å². The van der Waals surface area contributed by atoms with E-state index in [0.717, 1.165) is 5.56 Å². The van der Waals surface area contributed by atoms with Gasteiger partial charge in [0, 0.05) is 5.56 Å². The van der Waals surface area contributed by atoms with E-state index in [1.54, 1.807) is 38.3 Å². The van der Waals surface area contributed by atoms with E-state index >= 15 is 0 Å². The van der Waals surface area contributed by atoms with E-state index in [2.05, 4.69) is 26.0 Å². The number of nitrogens with zero attached hydrogens (tertiary/aromatic N) is 4. The lowest BCUT2D eigenvalue weighted by atomic mass is 9.95. The number of hydrogen-bond acceptors (Lipinski definition) is 7. The zero-order valence-corrected chi connectivity index (χ0v) is 17.6. The summed E-state index contributed by atoms with van der Waals surface area (Å²) in [6.45, 7) is 1.95. The summed E-state index contributed by atoms with van der Waals surface area (Å²) >= 11 is 0. The number of methoxy groups -OCH3 is 1. The Hall–Kier alpha value is -4.21. The smallest absolute Gasteiger partial charge is 0.338 e. The van der Waals surface area contributed by atoms with Crippen molar-refractivity contribution >= 4 is 12.0 Å². The van der Waals surface area contributed by atoms with Crippen LogP contribution in [0.3, 0.4) is 0 Å². The normalized spacial score (nSPS) is 15.7. The van der Waals surface area contributed by atoms with Gasteiger partial charge < -0.3 is 20.1 Å². The van der Waals surface area contributed by atoms with E-state index in [1.165, 1.54) is 4.80 Å². The number of ether oxygens (including phenoxy) is 2. The fourth-order valence-corrected chi connectivity index (χ4v) is 3.39. The van der Waals surface area contributed by atoms with Crippen LogP contribution in [0.5, 0.6) is 5.75 Å². The molecule has 1 aliphatic rings. The lowest BCUT2D eigenvalue weighted by Gasteiger charge is -2.29. The average molecular weight is 434 g/mol. The Balaban J connectivity index is 1.70. The zero-order valence-electron chi connectivity index (χ0n) is 17.6. The van der Waals surface area contributed by atoms with Crippen LogP contribution in [0.4, 0.5) is 4.79 Å². The molecule has 0 unspecified atom stereocenters. The largest absolute Gasteiger partial charge is 0.497 e. The van der Waals surface area contributed by atoms with Crippen LogP contribution < -0.4 is 15.4 Å². The zero-order chi connectivity index (χ0) is 22.5. The maximum atomic E-state index is 12.9. The van der Waals surface area contributed by atoms with Crippen molar-refractivity contribution in [1.29, 1.82) is 0 Å². The Morgan fingerprint density at radius 3 is 2.56 bits per heavy atom. The first-order valence-electron chi connectivity index (χ1n) is 10.0. The molecule has 0 fully saturated rings. The molecule has 2 amide bonds. The monoisotopic (exact) mass is 434 g/mol. The molecular weight excluding hydrogens is 412 g/mol. The number of carbonyl (C=O) groups excluding carboxylic acids is 2. The standard InChI is InChI=1S/C22H22N6O4/c1-3-32-21(29)18-17(13-28-26-20(25-27-28)15-7-5-4-6-8-15)23-22(30)24-19(18)14-9-11-16(31-2)12-10-14/h4-12,19H,3,13H2,1-2H3,(H2,23,24,30)/t19-/m1/s1. The molecule has 0 radical (unpaired) electrons. The molecule has 32 heavy (non-hydrogen) atoms. The summed E-state index contributed by atoms with van der Waals surface area (Å²) in [6, 6.07) is 15.3. The molecule has 0 aliphatic carbocycles. The Morgan fingerprint density at radius 2 is 1.88 bits per heavy atom. The lowest BCUT2D eigenvalue weighted by Crippen LogP contribution is -2.47. The molecule has 10 heteroatoms. The van der Waals surface area contributed by atoms with Crippen LogP contribution in [0.15, 0.2) is 65.9 Å². The highest BCUT2D eigenvalue weighted by Crippen LogP contribution is 2.29. The summed E-state index contributed by atoms with van der Waals surface area (Å²) in [5.74, 6) is 0.561. The van der Waals surface area contributed by atoms with Gasteiger partial charge in [0.1, 0.15) is 12.3 Å². The Bertz CT molecular complexity index is 1140. The molecule has 1 atom stereocenters. The van der Waals surface area contributed by atoms with Gasteiger partial charge in [-0.25, -0.2) is 9.59 Å². The van der Waals surface area contributed by atoms with Crippen molar-refractivity contribution in [3.05, 3.63) is 71.4 Å². The van der Waals surface area contributed by atoms with Gasteiger partial charge in [0.25, 0.3) is 0 Å². The number of tetrazole rings is 1. The summed E-state index contributed by atoms with van der Waals surface area (Å²) in [5, 5.41) is 18.0. The highest BCUT2D eigenvalue weighted by atomic mass is 16.5. The molecule has 3 aromatic rings. The minimum Gasteiger partial charge on any atom is -0.497 e. The van der Waals surface area contributed by atoms with E-state index in [-0.39, 0.29) is 18.7 Å². The van der Waals surface area contributed by atoms with E-state index in [0.29, 0.717) is 22.8 Å². The molecule has 164 valence electrons. The molecule has 0 spiro atoms. The molecule has 0 saturated heterocycles. The predicted molar refractivity (Wildman–Crippen MR) is 114 cm³/mol. The van der Waals surface area contributed by atoms with Crippen LogP contribution in [0, 0.1) is 0 Å². The van der Waals surface area contributed by atoms with Crippen molar-refractivity contribution in [2.45, 2.75) is 19.5 Å². The quantitative estimate of drug-likeness (QED) is 0.547. The number of rotatable bonds is 7. The van der Waals surface area contributed by atoms with Crippen molar-refractivity contribution in [3.8, 4) is 17.1 Å². The fourth-order valence-electron chi connectivity index (χ4n) is 3.39. The summed E-state index contributed by atoms with van der Waals surface area (Å²) in [4.78, 5) is 26.6. The van der Waals surface area contributed by atoms with Gasteiger partial charge in [-0.1, -0.05) is 42.5 Å². The van der Waals surface area contributed by atoms with Crippen molar-refractivity contribution in [2.75, 3.05) is 13.7 Å². The number of amides is 2. The lowest BCUT2D eigenvalue weighted by molar-refractivity contribution is -0.139. The third-order valence-electron chi connectivity index (χ3n) is 4.88. The second-order valence-corrected chi connectivity index (χ2v) is 6.93. The van der Waals surface area contributed by atoms with Crippen molar-refractivity contribution in [3.63, 3.8) is 0 Å². The average Bonchev–Trinajstić information content (AvgIpc) is 3.28. The number of urea groups is 1. The highest BCUT2D eigenvalue weighted by Gasteiger charge is 2.34. The SMILES string of the molecule is CCOC(=O)C1=C(Cn2nnc(-c3ccccc3)n2)NC(=O)N[C@@H]1c1ccc(OC)cc1. The number of esters is 1. The summed E-state index contributed by atoms with van der Waals surface area (Å²) in [5.41, 5.74) is 2.13. The molecule has 1 aliphatic heterocycles. The third kappa shape index (κ3) is 4.43. The van der Waals surface area contributed by atoms with Gasteiger partial charge in [-0.15, -0.1) is 10.2 Å². The molecule has 4 rings (SSSR count). The number of benzene rings is 2. The molecule has 2 aromatic carbocycles. The molecule has 2 heterocycles. The first-order valence-corrected chi connectivity index (χ1v) is 10.0. The van der Waals surface area contributed by atoms with E-state index < -0.39 is 18.0 Å². The van der Waals surface area contributed by atoms with Gasteiger partial charge in [0.15, 0.2) is 0 Å². The summed E-state index contributed by atoms with van der Waals surface area (Å²) < 4.78 is 10.5. The maximum absolute atomic E-state index is 12.9. The van der Waals surface area contributed by atoms with Crippen LogP contribution in [0.2, 0.25) is 0 Å². The molecular formula is C22H22N6O4. The molecule has 2 N–H and O–H groups in total. The van der Waals surface area contributed by atoms with Crippen LogP contribution in [0.25, 0.3) is 11.4 Å². The number of nitrogens with one attached hydrogen (secondary N) is 2. The van der Waals surface area contributed by atoms with Gasteiger partial charge in [-0.3, -0.25) is 0 Å². The minimum absolute atomic E-state index is 0.0358. The Kier molecular flexibility index (Phi) is 6.11. The van der Waals surface area contributed by atoms with E-state index in [4.69, 9.17) is 9.47 Å². The van der Waals surface area contributed by atoms with Crippen molar-refractivity contribution in [1.82, 2.24) is 30.8 Å². The van der Waals surface area contributed by atoms with Crippen LogP contribution in [-0.2, 0) is 16.1 Å². The maximum Gasteiger partial charge on any atom is 0.338 e. The molecule has 10 nitrogen and oxygen atoms in total. The van der Waals surface area contributed by atoms with Gasteiger partial charge in [-0.2, -0.15) is 4.80 Å². The van der Waals surface area contributed by atoms with Gasteiger partial charge in [0.2, 0.25) is 5.82 Å². The van der Waals surface area contributed by atoms with Gasteiger partial charge >= 0.3 is 12.0 Å². The Labute approximate surface area is 184 Å². The first-order chi connectivity index (χ1) is 15.6. The number of aromatic nitrogens is 4.